The molecule has 2 aromatic rings. The third-order valence-electron chi connectivity index (χ3n) is 3.70. The summed E-state index contributed by atoms with van der Waals surface area (Å²) in [6, 6.07) is 7.57. The monoisotopic (exact) mass is 302 g/mol. The molecule has 0 unspecified atom stereocenters. The first-order chi connectivity index (χ1) is 10.2. The van der Waals surface area contributed by atoms with Crippen LogP contribution >= 0.6 is 11.8 Å². The number of amides is 1. The normalized spacial score (nSPS) is 14.1. The molecule has 5 nitrogen and oxygen atoms in total. The molecular formula is C15H18N4OS. The lowest BCUT2D eigenvalue weighted by Gasteiger charge is -2.06. The Morgan fingerprint density at radius 1 is 1.38 bits per heavy atom. The lowest BCUT2D eigenvalue weighted by atomic mass is 10.0. The van der Waals surface area contributed by atoms with E-state index in [9.17, 15) is 4.79 Å². The van der Waals surface area contributed by atoms with Gasteiger partial charge in [-0.3, -0.25) is 0 Å². The second-order valence-electron chi connectivity index (χ2n) is 5.01. The number of benzene rings is 1. The predicted octanol–water partition coefficient (Wildman–Crippen LogP) is 2.95. The maximum Gasteiger partial charge on any atom is 0.341 e. The topological polar surface area (TPSA) is 72.9 Å². The van der Waals surface area contributed by atoms with Crippen molar-refractivity contribution in [2.24, 2.45) is 5.73 Å². The molecule has 3 N–H and O–H groups in total. The van der Waals surface area contributed by atoms with Gasteiger partial charge in [0.1, 0.15) is 5.82 Å². The Morgan fingerprint density at radius 3 is 2.95 bits per heavy atom. The van der Waals surface area contributed by atoms with Crippen LogP contribution in [-0.4, -0.2) is 28.6 Å². The van der Waals surface area contributed by atoms with Crippen molar-refractivity contribution in [2.75, 3.05) is 18.1 Å². The van der Waals surface area contributed by atoms with Gasteiger partial charge < -0.3 is 11.1 Å². The minimum atomic E-state index is -0.548. The molecule has 0 aliphatic carbocycles. The SMILES string of the molecule is CSc1ccccc1-c1nn(C(N)=O)c2c1CCCCN2. The number of nitrogens with two attached hydrogens (primary N) is 1. The number of nitrogens with one attached hydrogen (secondary N) is 1. The number of fused-ring (bicyclic) bond motifs is 1. The Morgan fingerprint density at radius 2 is 2.19 bits per heavy atom. The van der Waals surface area contributed by atoms with Gasteiger partial charge in [0.15, 0.2) is 0 Å². The highest BCUT2D eigenvalue weighted by Crippen LogP contribution is 2.36. The Bertz CT molecular complexity index is 680. The number of anilines is 1. The average molecular weight is 302 g/mol. The van der Waals surface area contributed by atoms with Crippen LogP contribution < -0.4 is 11.1 Å². The molecule has 0 fully saturated rings. The molecule has 0 saturated carbocycles. The first-order valence-electron chi connectivity index (χ1n) is 7.01. The first-order valence-corrected chi connectivity index (χ1v) is 8.24. The van der Waals surface area contributed by atoms with Crippen LogP contribution in [-0.2, 0) is 6.42 Å². The van der Waals surface area contributed by atoms with E-state index in [0.717, 1.165) is 53.3 Å². The predicted molar refractivity (Wildman–Crippen MR) is 85.9 cm³/mol. The van der Waals surface area contributed by atoms with E-state index in [2.05, 4.69) is 16.5 Å². The van der Waals surface area contributed by atoms with E-state index in [1.165, 1.54) is 4.68 Å². The van der Waals surface area contributed by atoms with Gasteiger partial charge in [0, 0.05) is 22.6 Å². The smallest absolute Gasteiger partial charge is 0.341 e. The van der Waals surface area contributed by atoms with Gasteiger partial charge in [-0.15, -0.1) is 11.8 Å². The Hall–Kier alpha value is -1.95. The molecule has 0 saturated heterocycles. The van der Waals surface area contributed by atoms with E-state index >= 15 is 0 Å². The molecule has 1 amide bonds. The molecule has 0 spiro atoms. The fourth-order valence-corrected chi connectivity index (χ4v) is 3.32. The maximum absolute atomic E-state index is 11.7. The zero-order valence-electron chi connectivity index (χ0n) is 11.9. The summed E-state index contributed by atoms with van der Waals surface area (Å²) in [6.07, 6.45) is 5.12. The van der Waals surface area contributed by atoms with Gasteiger partial charge in [-0.25, -0.2) is 4.79 Å². The lowest BCUT2D eigenvalue weighted by Crippen LogP contribution is -2.23. The van der Waals surface area contributed by atoms with Gasteiger partial charge in [-0.05, 0) is 31.6 Å². The van der Waals surface area contributed by atoms with Crippen LogP contribution in [0.25, 0.3) is 11.3 Å². The van der Waals surface area contributed by atoms with E-state index in [1.54, 1.807) is 11.8 Å². The molecular weight excluding hydrogens is 284 g/mol. The number of hydrogen-bond acceptors (Lipinski definition) is 4. The number of nitrogens with zero attached hydrogens (tertiary/aromatic N) is 2. The van der Waals surface area contributed by atoms with Gasteiger partial charge in [0.25, 0.3) is 0 Å². The molecule has 1 aromatic carbocycles. The second-order valence-corrected chi connectivity index (χ2v) is 5.86. The zero-order valence-corrected chi connectivity index (χ0v) is 12.7. The second kappa shape index (κ2) is 5.81. The molecule has 0 radical (unpaired) electrons. The number of aromatic nitrogens is 2. The van der Waals surface area contributed by atoms with Crippen molar-refractivity contribution < 1.29 is 4.79 Å². The van der Waals surface area contributed by atoms with Crippen LogP contribution in [0.15, 0.2) is 29.2 Å². The van der Waals surface area contributed by atoms with E-state index in [4.69, 9.17) is 5.73 Å². The summed E-state index contributed by atoms with van der Waals surface area (Å²) < 4.78 is 1.30. The summed E-state index contributed by atoms with van der Waals surface area (Å²) in [6.45, 7) is 0.843. The molecule has 0 atom stereocenters. The Kier molecular flexibility index (Phi) is 3.88. The standard InChI is InChI=1S/C15H18N4OS/c1-21-12-8-3-2-6-10(12)13-11-7-4-5-9-17-14(11)19(18-13)15(16)20/h2-3,6,8,17H,4-5,7,9H2,1H3,(H2,16,20). The van der Waals surface area contributed by atoms with Gasteiger partial charge in [0.05, 0.1) is 5.69 Å². The highest BCUT2D eigenvalue weighted by Gasteiger charge is 2.23. The van der Waals surface area contributed by atoms with Crippen molar-refractivity contribution in [3.8, 4) is 11.3 Å². The van der Waals surface area contributed by atoms with Gasteiger partial charge >= 0.3 is 6.03 Å². The van der Waals surface area contributed by atoms with Gasteiger partial charge in [-0.1, -0.05) is 18.2 Å². The van der Waals surface area contributed by atoms with Crippen LogP contribution in [0.3, 0.4) is 0 Å². The van der Waals surface area contributed by atoms with Crippen molar-refractivity contribution in [2.45, 2.75) is 24.2 Å². The molecule has 1 aromatic heterocycles. The summed E-state index contributed by atoms with van der Waals surface area (Å²) in [5, 5.41) is 7.77. The molecule has 1 aliphatic rings. The minimum absolute atomic E-state index is 0.548. The largest absolute Gasteiger partial charge is 0.370 e. The van der Waals surface area contributed by atoms with Gasteiger partial charge in [-0.2, -0.15) is 9.78 Å². The third kappa shape index (κ3) is 2.51. The fraction of sp³-hybridized carbons (Fsp3) is 0.333. The van der Waals surface area contributed by atoms with Crippen molar-refractivity contribution >= 4 is 23.6 Å². The average Bonchev–Trinajstić information content (AvgIpc) is 2.69. The van der Waals surface area contributed by atoms with Crippen LogP contribution in [0.1, 0.15) is 18.4 Å². The van der Waals surface area contributed by atoms with E-state index < -0.39 is 6.03 Å². The van der Waals surface area contributed by atoms with E-state index in [0.29, 0.717) is 0 Å². The molecule has 3 rings (SSSR count). The molecule has 6 heteroatoms. The number of thioether (sulfide) groups is 1. The minimum Gasteiger partial charge on any atom is -0.370 e. The van der Waals surface area contributed by atoms with Gasteiger partial charge in [0.2, 0.25) is 0 Å². The van der Waals surface area contributed by atoms with Crippen molar-refractivity contribution in [1.29, 1.82) is 0 Å². The highest BCUT2D eigenvalue weighted by atomic mass is 32.2. The number of carbonyl (C=O) groups excluding carboxylic acids is 1. The summed E-state index contributed by atoms with van der Waals surface area (Å²) in [7, 11) is 0. The van der Waals surface area contributed by atoms with E-state index in [1.807, 2.05) is 24.5 Å². The zero-order chi connectivity index (χ0) is 14.8. The number of rotatable bonds is 2. The van der Waals surface area contributed by atoms with Crippen LogP contribution in [0.4, 0.5) is 10.6 Å². The number of hydrogen-bond donors (Lipinski definition) is 2. The fourth-order valence-electron chi connectivity index (χ4n) is 2.72. The quantitative estimate of drug-likeness (QED) is 0.837. The number of primary amides is 1. The van der Waals surface area contributed by atoms with Crippen molar-refractivity contribution in [1.82, 2.24) is 9.78 Å². The van der Waals surface area contributed by atoms with Crippen LogP contribution in [0, 0.1) is 0 Å². The van der Waals surface area contributed by atoms with E-state index in [-0.39, 0.29) is 0 Å². The highest BCUT2D eigenvalue weighted by molar-refractivity contribution is 7.98. The maximum atomic E-state index is 11.7. The van der Waals surface area contributed by atoms with Crippen LogP contribution in [0.2, 0.25) is 0 Å². The molecule has 0 bridgehead atoms. The van der Waals surface area contributed by atoms with Crippen molar-refractivity contribution in [3.63, 3.8) is 0 Å². The summed E-state index contributed by atoms with van der Waals surface area (Å²) >= 11 is 1.68. The number of carbonyl (C=O) groups is 1. The summed E-state index contributed by atoms with van der Waals surface area (Å²) in [5.74, 6) is 0.755. The third-order valence-corrected chi connectivity index (χ3v) is 4.50. The lowest BCUT2D eigenvalue weighted by molar-refractivity contribution is 0.248. The van der Waals surface area contributed by atoms with Crippen molar-refractivity contribution in [3.05, 3.63) is 29.8 Å². The molecule has 2 heterocycles. The summed E-state index contributed by atoms with van der Waals surface area (Å²) in [5.41, 5.74) is 8.48. The molecule has 1 aliphatic heterocycles. The Balaban J connectivity index is 2.21. The molecule has 110 valence electrons. The Labute approximate surface area is 127 Å². The van der Waals surface area contributed by atoms with Crippen LogP contribution in [0.5, 0.6) is 0 Å². The first kappa shape index (κ1) is 14.0. The molecule has 21 heavy (non-hydrogen) atoms. The summed E-state index contributed by atoms with van der Waals surface area (Å²) in [4.78, 5) is 12.8.